The molecule has 0 spiro atoms. The molecule has 2 aliphatic rings. The average molecular weight is 918 g/mol. The number of rotatable bonds is 17. The van der Waals surface area contributed by atoms with Crippen LogP contribution >= 0.6 is 0 Å². The number of anilines is 1. The second kappa shape index (κ2) is 26.4. The summed E-state index contributed by atoms with van der Waals surface area (Å²) in [5, 5.41) is 3.42. The van der Waals surface area contributed by atoms with Gasteiger partial charge in [-0.25, -0.2) is 0 Å². The van der Waals surface area contributed by atoms with Crippen LogP contribution in [0.1, 0.15) is 82.2 Å². The first-order chi connectivity index (χ1) is 34.3. The number of nitrogens with one attached hydrogen (secondary N) is 1. The summed E-state index contributed by atoms with van der Waals surface area (Å²) in [5.74, 6) is 1.59. The minimum absolute atomic E-state index is 0.00633. The number of benzene rings is 6. The molecule has 3 nitrogen and oxygen atoms in total. The molecule has 0 bridgehead atoms. The van der Waals surface area contributed by atoms with Gasteiger partial charge in [0.05, 0.1) is 11.4 Å². The van der Waals surface area contributed by atoms with Crippen molar-refractivity contribution in [2.24, 2.45) is 34.4 Å². The van der Waals surface area contributed by atoms with Gasteiger partial charge in [0.1, 0.15) is 0 Å². The largest absolute Gasteiger partial charge is 0.362 e. The highest BCUT2D eigenvalue weighted by atomic mass is 14.8. The molecule has 3 N–H and O–H groups in total. The van der Waals surface area contributed by atoms with Gasteiger partial charge in [-0.2, -0.15) is 0 Å². The summed E-state index contributed by atoms with van der Waals surface area (Å²) >= 11 is 0. The van der Waals surface area contributed by atoms with Crippen molar-refractivity contribution in [1.29, 1.82) is 0 Å². The molecule has 2 aliphatic carbocycles. The minimum Gasteiger partial charge on any atom is -0.362 e. The molecule has 5 atom stereocenters. The molecule has 3 heteroatoms. The lowest BCUT2D eigenvalue weighted by Gasteiger charge is -2.23. The van der Waals surface area contributed by atoms with Crippen molar-refractivity contribution >= 4 is 22.7 Å². The Labute approximate surface area is 419 Å². The molecule has 354 valence electrons. The SMILES string of the molecule is C/C=C\C=C/Cc1ccc(C(N)C(C)C(=Nc2ccc(C3=CCC(C)C=C3)cc2)c2ccc(-c3ccccc3)cc2)cc1.CCC/C=C(\C=C/Nc1ccc(-c2ccccc2)cc1)C1C=CC=CC1C. The summed E-state index contributed by atoms with van der Waals surface area (Å²) in [4.78, 5) is 5.24. The Balaban J connectivity index is 0.000000229. The molecule has 0 aromatic heterocycles. The molecule has 0 fully saturated rings. The summed E-state index contributed by atoms with van der Waals surface area (Å²) < 4.78 is 0. The van der Waals surface area contributed by atoms with Gasteiger partial charge in [0.25, 0.3) is 0 Å². The molecular formula is C67H71N3. The van der Waals surface area contributed by atoms with Crippen LogP contribution < -0.4 is 11.1 Å². The molecule has 5 unspecified atom stereocenters. The van der Waals surface area contributed by atoms with E-state index in [1.165, 1.54) is 50.9 Å². The van der Waals surface area contributed by atoms with Crippen LogP contribution in [0.3, 0.4) is 0 Å². The van der Waals surface area contributed by atoms with Gasteiger partial charge in [0.15, 0.2) is 0 Å². The van der Waals surface area contributed by atoms with Gasteiger partial charge >= 0.3 is 0 Å². The van der Waals surface area contributed by atoms with E-state index in [0.717, 1.165) is 47.5 Å². The molecule has 70 heavy (non-hydrogen) atoms. The smallest absolute Gasteiger partial charge is 0.0633 e. The van der Waals surface area contributed by atoms with E-state index in [2.05, 4.69) is 258 Å². The van der Waals surface area contributed by atoms with Crippen LogP contribution in [-0.4, -0.2) is 5.71 Å². The van der Waals surface area contributed by atoms with Crippen molar-refractivity contribution in [3.8, 4) is 22.3 Å². The molecule has 0 saturated heterocycles. The molecule has 6 aromatic carbocycles. The fourth-order valence-corrected chi connectivity index (χ4v) is 8.81. The van der Waals surface area contributed by atoms with Crippen molar-refractivity contribution in [2.45, 2.75) is 66.3 Å². The second-order valence-corrected chi connectivity index (χ2v) is 18.5. The first-order valence-electron chi connectivity index (χ1n) is 25.3. The maximum atomic E-state index is 6.95. The topological polar surface area (TPSA) is 50.4 Å². The summed E-state index contributed by atoms with van der Waals surface area (Å²) in [6.07, 6.45) is 35.0. The third-order valence-corrected chi connectivity index (χ3v) is 13.2. The zero-order chi connectivity index (χ0) is 48.9. The molecular weight excluding hydrogens is 847 g/mol. The van der Waals surface area contributed by atoms with Crippen LogP contribution in [0, 0.1) is 23.7 Å². The van der Waals surface area contributed by atoms with Gasteiger partial charge in [-0.3, -0.25) is 4.99 Å². The Morgan fingerprint density at radius 2 is 1.31 bits per heavy atom. The summed E-state index contributed by atoms with van der Waals surface area (Å²) in [6, 6.07) is 55.3. The molecule has 6 aromatic rings. The predicted octanol–water partition coefficient (Wildman–Crippen LogP) is 17.8. The van der Waals surface area contributed by atoms with E-state index >= 15 is 0 Å². The third-order valence-electron chi connectivity index (χ3n) is 13.2. The van der Waals surface area contributed by atoms with Gasteiger partial charge in [-0.1, -0.05) is 240 Å². The minimum atomic E-state index is -0.195. The van der Waals surface area contributed by atoms with E-state index in [0.29, 0.717) is 17.8 Å². The van der Waals surface area contributed by atoms with Crippen LogP contribution in [0.15, 0.2) is 253 Å². The van der Waals surface area contributed by atoms with Gasteiger partial charge < -0.3 is 11.1 Å². The fourth-order valence-electron chi connectivity index (χ4n) is 8.81. The third kappa shape index (κ3) is 14.6. The van der Waals surface area contributed by atoms with E-state index in [-0.39, 0.29) is 12.0 Å². The van der Waals surface area contributed by atoms with Gasteiger partial charge in [-0.15, -0.1) is 0 Å². The number of nitrogens with two attached hydrogens (primary N) is 1. The first-order valence-corrected chi connectivity index (χ1v) is 25.3. The fraction of sp³-hybridized carbons (Fsp3) is 0.209. The van der Waals surface area contributed by atoms with Crippen molar-refractivity contribution < 1.29 is 0 Å². The van der Waals surface area contributed by atoms with Crippen molar-refractivity contribution in [2.75, 3.05) is 5.32 Å². The molecule has 0 aliphatic heterocycles. The Morgan fingerprint density at radius 3 is 1.91 bits per heavy atom. The summed E-state index contributed by atoms with van der Waals surface area (Å²) in [6.45, 7) is 11.0. The van der Waals surface area contributed by atoms with E-state index in [1.54, 1.807) is 0 Å². The van der Waals surface area contributed by atoms with E-state index < -0.39 is 0 Å². The van der Waals surface area contributed by atoms with Crippen molar-refractivity contribution in [3.05, 3.63) is 271 Å². The van der Waals surface area contributed by atoms with Crippen LogP contribution in [0.25, 0.3) is 27.8 Å². The van der Waals surface area contributed by atoms with Crippen LogP contribution in [0.4, 0.5) is 11.4 Å². The first kappa shape index (κ1) is 50.5. The monoisotopic (exact) mass is 918 g/mol. The van der Waals surface area contributed by atoms with Gasteiger partial charge in [0, 0.05) is 29.8 Å². The van der Waals surface area contributed by atoms with Crippen LogP contribution in [0.2, 0.25) is 0 Å². The summed E-state index contributed by atoms with van der Waals surface area (Å²) in [7, 11) is 0. The predicted molar refractivity (Wildman–Crippen MR) is 304 cm³/mol. The number of aliphatic imine (C=N–C) groups is 1. The van der Waals surface area contributed by atoms with E-state index in [4.69, 9.17) is 10.7 Å². The summed E-state index contributed by atoms with van der Waals surface area (Å²) in [5.41, 5.74) is 22.2. The number of hydrogen-bond acceptors (Lipinski definition) is 3. The molecule has 0 amide bonds. The number of nitrogens with zero attached hydrogens (tertiary/aromatic N) is 1. The quantitative estimate of drug-likeness (QED) is 0.0707. The highest BCUT2D eigenvalue weighted by Crippen LogP contribution is 2.32. The molecule has 0 heterocycles. The Hall–Kier alpha value is -7.33. The second-order valence-electron chi connectivity index (χ2n) is 18.5. The van der Waals surface area contributed by atoms with Gasteiger partial charge in [0.2, 0.25) is 0 Å². The molecule has 0 saturated carbocycles. The zero-order valence-corrected chi connectivity index (χ0v) is 41.8. The maximum absolute atomic E-state index is 6.95. The lowest BCUT2D eigenvalue weighted by atomic mass is 9.83. The Morgan fingerprint density at radius 1 is 0.700 bits per heavy atom. The Bertz CT molecular complexity index is 2820. The van der Waals surface area contributed by atoms with Crippen LogP contribution in [-0.2, 0) is 6.42 Å². The zero-order valence-electron chi connectivity index (χ0n) is 41.8. The number of unbranched alkanes of at least 4 members (excludes halogenated alkanes) is 1. The van der Waals surface area contributed by atoms with Crippen molar-refractivity contribution in [3.63, 3.8) is 0 Å². The lowest BCUT2D eigenvalue weighted by molar-refractivity contribution is 0.584. The van der Waals surface area contributed by atoms with Crippen LogP contribution in [0.5, 0.6) is 0 Å². The normalized spacial score (nSPS) is 17.9. The average Bonchev–Trinajstić information content (AvgIpc) is 3.41. The maximum Gasteiger partial charge on any atom is 0.0633 e. The van der Waals surface area contributed by atoms with Gasteiger partial charge in [-0.05, 0) is 124 Å². The van der Waals surface area contributed by atoms with E-state index in [9.17, 15) is 0 Å². The Kier molecular flexibility index (Phi) is 19.1. The van der Waals surface area contributed by atoms with Crippen molar-refractivity contribution in [1.82, 2.24) is 0 Å². The van der Waals surface area contributed by atoms with E-state index in [1.807, 2.05) is 25.1 Å². The standard InChI is InChI=1S/C41H42N2.C26H29N/c1-4-5-6-8-11-32-16-20-37(21-17-32)40(42)31(3)41(38-24-22-35(23-25-38)33-12-9-7-10-13-33)43-39-28-26-36(27-29-39)34-18-14-30(2)15-19-34;1-3-4-11-24(26-14-9-8-10-21(26)2)19-20-27-25-17-15-23(16-18-25)22-12-6-5-7-13-22/h4-10,12-14,16-31,40H,11,15,42H2,1-3H3;5-21,26-27H,3-4H2,1-2H3/b5-4-,8-6-,43-41?;20-19-,24-11+. The lowest BCUT2D eigenvalue weighted by Crippen LogP contribution is -2.26. The highest BCUT2D eigenvalue weighted by molar-refractivity contribution is 6.04. The molecule has 8 rings (SSSR count). The highest BCUT2D eigenvalue weighted by Gasteiger charge is 2.23. The number of allylic oxidation sites excluding steroid dienone is 15. The molecule has 0 radical (unpaired) electrons. The number of hydrogen-bond donors (Lipinski definition) is 2.